The number of ether oxygens (including phenoxy) is 1. The normalized spacial score (nSPS) is 10.5. The smallest absolute Gasteiger partial charge is 0.232 e. The first-order valence-corrected chi connectivity index (χ1v) is 7.22. The molecule has 1 aromatic carbocycles. The van der Waals surface area contributed by atoms with Crippen molar-refractivity contribution >= 4 is 5.88 Å². The number of nitrogens with one attached hydrogen (secondary N) is 2. The third-order valence-corrected chi connectivity index (χ3v) is 3.21. The molecule has 2 N–H and O–H groups in total. The molecule has 0 amide bonds. The third-order valence-electron chi connectivity index (χ3n) is 3.21. The number of rotatable bonds is 7. The highest BCUT2D eigenvalue weighted by Crippen LogP contribution is 2.26. The van der Waals surface area contributed by atoms with Crippen LogP contribution in [0, 0.1) is 11.3 Å². The Morgan fingerprint density at radius 2 is 2.05 bits per heavy atom. The van der Waals surface area contributed by atoms with Gasteiger partial charge in [-0.15, -0.1) is 0 Å². The lowest BCUT2D eigenvalue weighted by Gasteiger charge is -2.07. The van der Waals surface area contributed by atoms with E-state index < -0.39 is 0 Å². The summed E-state index contributed by atoms with van der Waals surface area (Å²) >= 11 is 0. The quantitative estimate of drug-likeness (QED) is 0.751. The highest BCUT2D eigenvalue weighted by molar-refractivity contribution is 5.59. The zero-order chi connectivity index (χ0) is 15.9. The van der Waals surface area contributed by atoms with Crippen molar-refractivity contribution < 1.29 is 14.1 Å². The van der Waals surface area contributed by atoms with Crippen LogP contribution in [0.5, 0.6) is 5.75 Å². The van der Waals surface area contributed by atoms with E-state index in [-0.39, 0.29) is 5.69 Å². The van der Waals surface area contributed by atoms with E-state index in [0.29, 0.717) is 11.8 Å². The maximum atomic E-state index is 9.17. The van der Waals surface area contributed by atoms with Crippen LogP contribution in [-0.4, -0.2) is 39.3 Å². The van der Waals surface area contributed by atoms with E-state index in [0.717, 1.165) is 30.8 Å². The summed E-state index contributed by atoms with van der Waals surface area (Å²) in [5, 5.41) is 12.3. The Morgan fingerprint density at radius 1 is 1.32 bits per heavy atom. The predicted molar refractivity (Wildman–Crippen MR) is 84.0 cm³/mol. The van der Waals surface area contributed by atoms with Gasteiger partial charge in [-0.1, -0.05) is 0 Å². The van der Waals surface area contributed by atoms with Gasteiger partial charge in [0, 0.05) is 18.5 Å². The summed E-state index contributed by atoms with van der Waals surface area (Å²) in [6.45, 7) is 1.80. The summed E-state index contributed by atoms with van der Waals surface area (Å²) in [6, 6.07) is 9.43. The Kier molecular flexibility index (Phi) is 5.39. The van der Waals surface area contributed by atoms with E-state index in [9.17, 15) is 0 Å². The van der Waals surface area contributed by atoms with Crippen LogP contribution in [0.15, 0.2) is 28.7 Å². The fourth-order valence-electron chi connectivity index (χ4n) is 2.02. The lowest BCUT2D eigenvalue weighted by atomic mass is 10.2. The van der Waals surface area contributed by atoms with Gasteiger partial charge in [-0.25, -0.2) is 0 Å². The maximum Gasteiger partial charge on any atom is 0.232 e. The molecule has 1 aromatic heterocycles. The van der Waals surface area contributed by atoms with Gasteiger partial charge in [0.25, 0.3) is 0 Å². The minimum atomic E-state index is 0.281. The number of quaternary nitrogens is 1. The number of methoxy groups -OCH3 is 1. The first kappa shape index (κ1) is 15.9. The third kappa shape index (κ3) is 3.99. The van der Waals surface area contributed by atoms with E-state index in [4.69, 9.17) is 14.4 Å². The number of hydrogen-bond acceptors (Lipinski definition) is 5. The van der Waals surface area contributed by atoms with Crippen LogP contribution in [0.3, 0.4) is 0 Å². The number of anilines is 1. The average Bonchev–Trinajstić information content (AvgIpc) is 2.94. The van der Waals surface area contributed by atoms with E-state index in [1.54, 1.807) is 7.11 Å². The SMILES string of the molecule is COc1ccc(-c2nc(C#N)c(NCCC[NH+](C)C)o2)cc1. The highest BCUT2D eigenvalue weighted by Gasteiger charge is 2.14. The number of benzene rings is 1. The summed E-state index contributed by atoms with van der Waals surface area (Å²) in [7, 11) is 5.83. The monoisotopic (exact) mass is 301 g/mol. The molecule has 0 spiro atoms. The number of hydrogen-bond donors (Lipinski definition) is 2. The van der Waals surface area contributed by atoms with E-state index in [2.05, 4.69) is 30.5 Å². The highest BCUT2D eigenvalue weighted by atomic mass is 16.5. The molecule has 0 aliphatic carbocycles. The fraction of sp³-hybridized carbons (Fsp3) is 0.375. The summed E-state index contributed by atoms with van der Waals surface area (Å²) in [6.07, 6.45) is 0.992. The molecular formula is C16H21N4O2+. The molecule has 22 heavy (non-hydrogen) atoms. The largest absolute Gasteiger partial charge is 0.497 e. The lowest BCUT2D eigenvalue weighted by Crippen LogP contribution is -3.05. The van der Waals surface area contributed by atoms with Crippen molar-refractivity contribution in [2.24, 2.45) is 0 Å². The molecular weight excluding hydrogens is 280 g/mol. The van der Waals surface area contributed by atoms with E-state index in [1.807, 2.05) is 24.3 Å². The van der Waals surface area contributed by atoms with Crippen LogP contribution in [0.25, 0.3) is 11.5 Å². The minimum Gasteiger partial charge on any atom is -0.497 e. The Hall–Kier alpha value is -2.52. The lowest BCUT2D eigenvalue weighted by molar-refractivity contribution is -0.858. The molecule has 0 atom stereocenters. The molecule has 0 aliphatic rings. The fourth-order valence-corrected chi connectivity index (χ4v) is 2.02. The van der Waals surface area contributed by atoms with Gasteiger partial charge in [0.05, 0.1) is 27.7 Å². The van der Waals surface area contributed by atoms with Gasteiger partial charge in [-0.3, -0.25) is 0 Å². The first-order valence-electron chi connectivity index (χ1n) is 7.22. The Bertz CT molecular complexity index is 641. The van der Waals surface area contributed by atoms with Gasteiger partial charge in [-0.2, -0.15) is 10.2 Å². The summed E-state index contributed by atoms with van der Waals surface area (Å²) in [4.78, 5) is 5.62. The molecule has 6 heteroatoms. The predicted octanol–water partition coefficient (Wildman–Crippen LogP) is 1.17. The average molecular weight is 301 g/mol. The van der Waals surface area contributed by atoms with E-state index in [1.165, 1.54) is 4.90 Å². The summed E-state index contributed by atoms with van der Waals surface area (Å²) in [5.74, 6) is 1.63. The Balaban J connectivity index is 2.09. The van der Waals surface area contributed by atoms with Crippen LogP contribution in [0.4, 0.5) is 5.88 Å². The molecule has 116 valence electrons. The molecule has 0 aliphatic heterocycles. The summed E-state index contributed by atoms with van der Waals surface area (Å²) in [5.41, 5.74) is 1.09. The molecule has 0 fully saturated rings. The number of nitrogens with zero attached hydrogens (tertiary/aromatic N) is 2. The molecule has 0 saturated heterocycles. The van der Waals surface area contributed by atoms with Crippen molar-refractivity contribution in [1.29, 1.82) is 5.26 Å². The second-order valence-corrected chi connectivity index (χ2v) is 5.27. The zero-order valence-corrected chi connectivity index (χ0v) is 13.1. The molecule has 6 nitrogen and oxygen atoms in total. The van der Waals surface area contributed by atoms with Gasteiger partial charge in [0.1, 0.15) is 11.8 Å². The number of aromatic nitrogens is 1. The minimum absolute atomic E-state index is 0.281. The second kappa shape index (κ2) is 7.48. The van der Waals surface area contributed by atoms with Crippen molar-refractivity contribution in [2.75, 3.05) is 39.6 Å². The van der Waals surface area contributed by atoms with Gasteiger partial charge < -0.3 is 19.4 Å². The van der Waals surface area contributed by atoms with Crippen LogP contribution in [0.1, 0.15) is 12.1 Å². The second-order valence-electron chi connectivity index (χ2n) is 5.27. The van der Waals surface area contributed by atoms with Crippen molar-refractivity contribution in [3.05, 3.63) is 30.0 Å². The van der Waals surface area contributed by atoms with Gasteiger partial charge in [0.2, 0.25) is 17.5 Å². The molecule has 1 heterocycles. The topological polar surface area (TPSA) is 75.5 Å². The van der Waals surface area contributed by atoms with Crippen LogP contribution in [-0.2, 0) is 0 Å². The standard InChI is InChI=1S/C16H20N4O2/c1-20(2)10-4-9-18-16-14(11-17)19-15(22-16)12-5-7-13(21-3)8-6-12/h5-8,18H,4,9-10H2,1-3H3/p+1. The molecule has 0 bridgehead atoms. The Morgan fingerprint density at radius 3 is 2.64 bits per heavy atom. The zero-order valence-electron chi connectivity index (χ0n) is 13.1. The molecule has 2 rings (SSSR count). The number of nitriles is 1. The molecule has 0 radical (unpaired) electrons. The molecule has 2 aromatic rings. The van der Waals surface area contributed by atoms with Crippen molar-refractivity contribution in [3.8, 4) is 23.3 Å². The van der Waals surface area contributed by atoms with Crippen molar-refractivity contribution in [3.63, 3.8) is 0 Å². The van der Waals surface area contributed by atoms with Gasteiger partial charge in [0.15, 0.2) is 0 Å². The maximum absolute atomic E-state index is 9.17. The first-order chi connectivity index (χ1) is 10.6. The molecule has 0 unspecified atom stereocenters. The van der Waals surface area contributed by atoms with Crippen LogP contribution >= 0.6 is 0 Å². The van der Waals surface area contributed by atoms with Crippen LogP contribution in [0.2, 0.25) is 0 Å². The Labute approximate surface area is 130 Å². The molecule has 0 saturated carbocycles. The van der Waals surface area contributed by atoms with Crippen LogP contribution < -0.4 is 15.0 Å². The van der Waals surface area contributed by atoms with Gasteiger partial charge >= 0.3 is 0 Å². The van der Waals surface area contributed by atoms with Gasteiger partial charge in [-0.05, 0) is 24.3 Å². The van der Waals surface area contributed by atoms with Crippen molar-refractivity contribution in [2.45, 2.75) is 6.42 Å². The summed E-state index contributed by atoms with van der Waals surface area (Å²) < 4.78 is 10.8. The van der Waals surface area contributed by atoms with E-state index >= 15 is 0 Å². The number of oxazole rings is 1. The van der Waals surface area contributed by atoms with Crippen molar-refractivity contribution in [1.82, 2.24) is 4.98 Å².